The molecule has 0 bridgehead atoms. The Bertz CT molecular complexity index is 161. The Kier molecular flexibility index (Phi) is 14.4. The molecule has 116 valence electrons. The fourth-order valence-corrected chi connectivity index (χ4v) is 3.22. The predicted octanol–water partition coefficient (Wildman–Crippen LogP) is 7.37. The Morgan fingerprint density at radius 3 is 1.68 bits per heavy atom. The normalized spacial score (nSPS) is 14.5. The smallest absolute Gasteiger partial charge is 0.0389 e. The molecule has 2 unspecified atom stereocenters. The molecule has 0 heteroatoms. The highest BCUT2D eigenvalue weighted by Gasteiger charge is 2.15. The third-order valence-corrected chi connectivity index (χ3v) is 4.66. The largest absolute Gasteiger partial charge is 0.0654 e. The number of hydrogen-bond acceptors (Lipinski definition) is 0. The van der Waals surface area contributed by atoms with Crippen molar-refractivity contribution in [3.8, 4) is 0 Å². The van der Waals surface area contributed by atoms with Gasteiger partial charge in [-0.25, -0.2) is 0 Å². The van der Waals surface area contributed by atoms with Gasteiger partial charge >= 0.3 is 0 Å². The lowest BCUT2D eigenvalue weighted by atomic mass is 9.82. The molecule has 0 saturated carbocycles. The maximum atomic E-state index is 2.51. The van der Waals surface area contributed by atoms with Gasteiger partial charge < -0.3 is 0 Å². The Balaban J connectivity index is 3.68. The van der Waals surface area contributed by atoms with Crippen LogP contribution in [0.1, 0.15) is 111 Å². The summed E-state index contributed by atoms with van der Waals surface area (Å²) in [5, 5.41) is 0. The van der Waals surface area contributed by atoms with Crippen molar-refractivity contribution in [2.75, 3.05) is 0 Å². The zero-order valence-corrected chi connectivity index (χ0v) is 14.3. The summed E-state index contributed by atoms with van der Waals surface area (Å²) in [6, 6.07) is 0. The molecule has 0 radical (unpaired) electrons. The topological polar surface area (TPSA) is 0 Å². The van der Waals surface area contributed by atoms with E-state index in [4.69, 9.17) is 0 Å². The van der Waals surface area contributed by atoms with Gasteiger partial charge in [0.25, 0.3) is 0 Å². The van der Waals surface area contributed by atoms with Crippen LogP contribution in [-0.4, -0.2) is 0 Å². The van der Waals surface area contributed by atoms with Crippen molar-refractivity contribution < 1.29 is 0 Å². The Morgan fingerprint density at radius 1 is 0.526 bits per heavy atom. The van der Waals surface area contributed by atoms with Crippen LogP contribution in [0.3, 0.4) is 0 Å². The zero-order valence-electron chi connectivity index (χ0n) is 14.3. The van der Waals surface area contributed by atoms with Crippen LogP contribution < -0.4 is 0 Å². The molecule has 0 aliphatic rings. The highest BCUT2D eigenvalue weighted by Crippen LogP contribution is 2.28. The van der Waals surface area contributed by atoms with Crippen LogP contribution in [0.25, 0.3) is 0 Å². The molecule has 0 aliphatic heterocycles. The van der Waals surface area contributed by atoms with Crippen molar-refractivity contribution in [3.05, 3.63) is 0 Å². The highest BCUT2D eigenvalue weighted by molar-refractivity contribution is 4.67. The summed E-state index contributed by atoms with van der Waals surface area (Å²) < 4.78 is 0. The number of unbranched alkanes of at least 4 members (excludes halogenated alkanes) is 7. The summed E-state index contributed by atoms with van der Waals surface area (Å²) in [5.74, 6) is 1.97. The Hall–Kier alpha value is 0. The van der Waals surface area contributed by atoms with E-state index >= 15 is 0 Å². The molecular weight excluding hydrogens is 228 g/mol. The first-order valence-corrected chi connectivity index (χ1v) is 9.26. The third kappa shape index (κ3) is 11.5. The highest BCUT2D eigenvalue weighted by atomic mass is 14.2. The standard InChI is InChI=1S/C19H40/c1-5-8-10-11-12-14-16-18(4)19(15-7-3)17-13-9-6-2/h18-19H,5-17H2,1-4H3. The van der Waals surface area contributed by atoms with Gasteiger partial charge in [-0.2, -0.15) is 0 Å². The molecule has 0 saturated heterocycles. The summed E-state index contributed by atoms with van der Waals surface area (Å²) in [6.45, 7) is 9.48. The van der Waals surface area contributed by atoms with E-state index in [9.17, 15) is 0 Å². The molecule has 0 aromatic heterocycles. The minimum atomic E-state index is 0.961. The van der Waals surface area contributed by atoms with Gasteiger partial charge in [-0.1, -0.05) is 111 Å². The lowest BCUT2D eigenvalue weighted by Crippen LogP contribution is -2.12. The van der Waals surface area contributed by atoms with Crippen LogP contribution in [0.15, 0.2) is 0 Å². The van der Waals surface area contributed by atoms with E-state index in [0.717, 1.165) is 11.8 Å². The van der Waals surface area contributed by atoms with Gasteiger partial charge in [0.15, 0.2) is 0 Å². The monoisotopic (exact) mass is 268 g/mol. The second kappa shape index (κ2) is 14.4. The minimum Gasteiger partial charge on any atom is -0.0654 e. The van der Waals surface area contributed by atoms with Crippen LogP contribution in [0.2, 0.25) is 0 Å². The first-order chi connectivity index (χ1) is 9.26. The van der Waals surface area contributed by atoms with Gasteiger partial charge in [-0.15, -0.1) is 0 Å². The van der Waals surface area contributed by atoms with Crippen molar-refractivity contribution in [1.29, 1.82) is 0 Å². The molecule has 2 atom stereocenters. The van der Waals surface area contributed by atoms with Crippen molar-refractivity contribution >= 4 is 0 Å². The van der Waals surface area contributed by atoms with E-state index in [1.54, 1.807) is 0 Å². The predicted molar refractivity (Wildman–Crippen MR) is 89.7 cm³/mol. The van der Waals surface area contributed by atoms with Crippen LogP contribution in [0.4, 0.5) is 0 Å². The molecule has 0 fully saturated rings. The van der Waals surface area contributed by atoms with Gasteiger partial charge in [-0.3, -0.25) is 0 Å². The average molecular weight is 269 g/mol. The van der Waals surface area contributed by atoms with Crippen LogP contribution in [0.5, 0.6) is 0 Å². The lowest BCUT2D eigenvalue weighted by molar-refractivity contribution is 0.281. The molecule has 0 spiro atoms. The van der Waals surface area contributed by atoms with Gasteiger partial charge in [0.05, 0.1) is 0 Å². The fourth-order valence-electron chi connectivity index (χ4n) is 3.22. The summed E-state index contributed by atoms with van der Waals surface area (Å²) >= 11 is 0. The summed E-state index contributed by atoms with van der Waals surface area (Å²) in [6.07, 6.45) is 18.7. The van der Waals surface area contributed by atoms with Gasteiger partial charge in [-0.05, 0) is 11.8 Å². The van der Waals surface area contributed by atoms with E-state index in [1.165, 1.54) is 83.5 Å². The maximum absolute atomic E-state index is 2.51. The van der Waals surface area contributed by atoms with E-state index < -0.39 is 0 Å². The molecule has 0 aliphatic carbocycles. The summed E-state index contributed by atoms with van der Waals surface area (Å²) in [4.78, 5) is 0. The first-order valence-electron chi connectivity index (χ1n) is 9.26. The Labute approximate surface area is 123 Å². The molecule has 0 amide bonds. The van der Waals surface area contributed by atoms with Crippen LogP contribution in [0, 0.1) is 11.8 Å². The number of rotatable bonds is 14. The van der Waals surface area contributed by atoms with E-state index in [-0.39, 0.29) is 0 Å². The zero-order chi connectivity index (χ0) is 14.3. The van der Waals surface area contributed by atoms with Gasteiger partial charge in [0.2, 0.25) is 0 Å². The molecule has 0 aromatic rings. The van der Waals surface area contributed by atoms with Crippen LogP contribution >= 0.6 is 0 Å². The second-order valence-electron chi connectivity index (χ2n) is 6.58. The SMILES string of the molecule is CCCCCCCCC(C)C(CCC)CCCCC. The fraction of sp³-hybridized carbons (Fsp3) is 1.00. The van der Waals surface area contributed by atoms with E-state index in [1.807, 2.05) is 0 Å². The van der Waals surface area contributed by atoms with Crippen LogP contribution in [-0.2, 0) is 0 Å². The molecular formula is C19H40. The molecule has 0 nitrogen and oxygen atoms in total. The van der Waals surface area contributed by atoms with Crippen molar-refractivity contribution in [2.24, 2.45) is 11.8 Å². The summed E-state index contributed by atoms with van der Waals surface area (Å²) in [7, 11) is 0. The van der Waals surface area contributed by atoms with Gasteiger partial charge in [0.1, 0.15) is 0 Å². The van der Waals surface area contributed by atoms with Gasteiger partial charge in [0, 0.05) is 0 Å². The van der Waals surface area contributed by atoms with E-state index in [2.05, 4.69) is 27.7 Å². The molecule has 0 N–H and O–H groups in total. The second-order valence-corrected chi connectivity index (χ2v) is 6.58. The minimum absolute atomic E-state index is 0.961. The third-order valence-electron chi connectivity index (χ3n) is 4.66. The van der Waals surface area contributed by atoms with Crippen molar-refractivity contribution in [2.45, 2.75) is 111 Å². The molecule has 0 heterocycles. The maximum Gasteiger partial charge on any atom is -0.0389 e. The summed E-state index contributed by atoms with van der Waals surface area (Å²) in [5.41, 5.74) is 0. The van der Waals surface area contributed by atoms with Crippen molar-refractivity contribution in [1.82, 2.24) is 0 Å². The average Bonchev–Trinajstić information content (AvgIpc) is 2.41. The van der Waals surface area contributed by atoms with E-state index in [0.29, 0.717) is 0 Å². The molecule has 19 heavy (non-hydrogen) atoms. The lowest BCUT2D eigenvalue weighted by Gasteiger charge is -2.23. The van der Waals surface area contributed by atoms with Crippen molar-refractivity contribution in [3.63, 3.8) is 0 Å². The molecule has 0 rings (SSSR count). The first kappa shape index (κ1) is 19.0. The number of hydrogen-bond donors (Lipinski definition) is 0. The molecule has 0 aromatic carbocycles. The Morgan fingerprint density at radius 2 is 1.05 bits per heavy atom. The quantitative estimate of drug-likeness (QED) is 0.288.